The molecule has 2 aromatic rings. The van der Waals surface area contributed by atoms with Crippen LogP contribution in [0.5, 0.6) is 5.75 Å². The number of benzene rings is 2. The third-order valence-electron chi connectivity index (χ3n) is 5.55. The largest absolute Gasteiger partial charge is 0.497 e. The minimum absolute atomic E-state index is 0.0408. The molecule has 10 nitrogen and oxygen atoms in total. The number of nitro benzene ring substituents is 1. The summed E-state index contributed by atoms with van der Waals surface area (Å²) in [6.45, 7) is 2.71. The molecule has 0 amide bonds. The lowest BCUT2D eigenvalue weighted by Crippen LogP contribution is -2.32. The van der Waals surface area contributed by atoms with Gasteiger partial charge in [0.15, 0.2) is 12.4 Å². The van der Waals surface area contributed by atoms with Crippen molar-refractivity contribution >= 4 is 23.4 Å². The van der Waals surface area contributed by atoms with Crippen LogP contribution in [0.4, 0.5) is 5.69 Å². The van der Waals surface area contributed by atoms with Crippen LogP contribution in [0.25, 0.3) is 0 Å². The highest BCUT2D eigenvalue weighted by Gasteiger charge is 2.38. The Bertz CT molecular complexity index is 1240. The summed E-state index contributed by atoms with van der Waals surface area (Å²) in [4.78, 5) is 49.2. The number of ether oxygens (including phenoxy) is 3. The summed E-state index contributed by atoms with van der Waals surface area (Å²) < 4.78 is 15.3. The highest BCUT2D eigenvalue weighted by Crippen LogP contribution is 2.40. The second-order valence-electron chi connectivity index (χ2n) is 7.71. The van der Waals surface area contributed by atoms with Gasteiger partial charge >= 0.3 is 11.9 Å². The maximum atomic E-state index is 13.2. The van der Waals surface area contributed by atoms with Crippen LogP contribution < -0.4 is 10.1 Å². The Morgan fingerprint density at radius 2 is 1.60 bits per heavy atom. The molecule has 1 atom stereocenters. The zero-order valence-electron chi connectivity index (χ0n) is 19.6. The second-order valence-corrected chi connectivity index (χ2v) is 7.71. The van der Waals surface area contributed by atoms with Gasteiger partial charge in [0.05, 0.1) is 36.2 Å². The lowest BCUT2D eigenvalue weighted by atomic mass is 9.80. The number of rotatable bonds is 8. The number of nitrogens with zero attached hydrogens (tertiary/aromatic N) is 1. The van der Waals surface area contributed by atoms with Crippen molar-refractivity contribution in [2.75, 3.05) is 20.8 Å². The first kappa shape index (κ1) is 25.2. The number of non-ortho nitro benzene ring substituents is 1. The zero-order chi connectivity index (χ0) is 25.7. The second kappa shape index (κ2) is 10.6. The molecule has 0 radical (unpaired) electrons. The van der Waals surface area contributed by atoms with E-state index in [9.17, 15) is 24.5 Å². The molecule has 0 saturated carbocycles. The van der Waals surface area contributed by atoms with Crippen molar-refractivity contribution in [2.24, 2.45) is 0 Å². The predicted molar refractivity (Wildman–Crippen MR) is 125 cm³/mol. The number of esters is 2. The maximum Gasteiger partial charge on any atom is 0.337 e. The first-order valence-electron chi connectivity index (χ1n) is 10.5. The van der Waals surface area contributed by atoms with E-state index >= 15 is 0 Å². The normalized spacial score (nSPS) is 15.3. The van der Waals surface area contributed by atoms with Crippen molar-refractivity contribution in [3.05, 3.63) is 92.3 Å². The molecular formula is C25H24N2O8. The number of nitrogens with one attached hydrogen (secondary N) is 1. The highest BCUT2D eigenvalue weighted by molar-refractivity contribution is 6.02. The fourth-order valence-electron chi connectivity index (χ4n) is 3.87. The van der Waals surface area contributed by atoms with Gasteiger partial charge in [-0.15, -0.1) is 0 Å². The first-order chi connectivity index (χ1) is 16.7. The van der Waals surface area contributed by atoms with Crippen molar-refractivity contribution in [3.63, 3.8) is 0 Å². The molecule has 3 rings (SSSR count). The monoisotopic (exact) mass is 480 g/mol. The highest BCUT2D eigenvalue weighted by atomic mass is 16.6. The Morgan fingerprint density at radius 1 is 0.971 bits per heavy atom. The number of carbonyl (C=O) groups is 3. The van der Waals surface area contributed by atoms with E-state index in [-0.39, 0.29) is 16.8 Å². The number of ketones is 1. The van der Waals surface area contributed by atoms with Crippen LogP contribution in [0.2, 0.25) is 0 Å². The van der Waals surface area contributed by atoms with Crippen LogP contribution in [-0.4, -0.2) is 43.5 Å². The Hall–Kier alpha value is -4.47. The Morgan fingerprint density at radius 3 is 2.17 bits per heavy atom. The third-order valence-corrected chi connectivity index (χ3v) is 5.55. The number of hydrogen-bond acceptors (Lipinski definition) is 9. The predicted octanol–water partition coefficient (Wildman–Crippen LogP) is 3.44. The van der Waals surface area contributed by atoms with E-state index in [1.165, 1.54) is 32.4 Å². The lowest BCUT2D eigenvalue weighted by molar-refractivity contribution is -0.384. The number of hydrogen-bond donors (Lipinski definition) is 1. The fourth-order valence-corrected chi connectivity index (χ4v) is 3.87. The average Bonchev–Trinajstić information content (AvgIpc) is 2.86. The van der Waals surface area contributed by atoms with Gasteiger partial charge in [0.25, 0.3) is 5.69 Å². The van der Waals surface area contributed by atoms with Gasteiger partial charge in [0, 0.05) is 29.1 Å². The van der Waals surface area contributed by atoms with Crippen molar-refractivity contribution in [1.82, 2.24) is 5.32 Å². The van der Waals surface area contributed by atoms with Crippen molar-refractivity contribution in [2.45, 2.75) is 19.8 Å². The molecule has 0 saturated heterocycles. The Kier molecular flexibility index (Phi) is 7.65. The van der Waals surface area contributed by atoms with E-state index in [0.717, 1.165) is 0 Å². The van der Waals surface area contributed by atoms with Crippen LogP contribution in [0.3, 0.4) is 0 Å². The van der Waals surface area contributed by atoms with Gasteiger partial charge in [-0.25, -0.2) is 9.59 Å². The van der Waals surface area contributed by atoms with Crippen molar-refractivity contribution in [3.8, 4) is 5.75 Å². The number of methoxy groups -OCH3 is 2. The maximum absolute atomic E-state index is 13.2. The van der Waals surface area contributed by atoms with Crippen LogP contribution in [0, 0.1) is 10.1 Å². The average molecular weight is 480 g/mol. The van der Waals surface area contributed by atoms with Gasteiger partial charge in [-0.3, -0.25) is 14.9 Å². The minimum Gasteiger partial charge on any atom is -0.497 e. The topological polar surface area (TPSA) is 134 Å². The van der Waals surface area contributed by atoms with Gasteiger partial charge in [-0.1, -0.05) is 12.1 Å². The van der Waals surface area contributed by atoms with Gasteiger partial charge in [-0.05, 0) is 43.7 Å². The minimum atomic E-state index is -1.01. The molecule has 0 bridgehead atoms. The number of Topliss-reactive ketones (excluding diaryl/α,β-unsaturated/α-hetero) is 1. The van der Waals surface area contributed by atoms with E-state index in [1.807, 2.05) is 0 Å². The summed E-state index contributed by atoms with van der Waals surface area (Å²) in [5.41, 5.74) is 1.40. The van der Waals surface area contributed by atoms with E-state index in [4.69, 9.17) is 14.2 Å². The summed E-state index contributed by atoms with van der Waals surface area (Å²) >= 11 is 0. The smallest absolute Gasteiger partial charge is 0.337 e. The van der Waals surface area contributed by atoms with Crippen LogP contribution >= 0.6 is 0 Å². The van der Waals surface area contributed by atoms with E-state index < -0.39 is 35.2 Å². The molecule has 10 heteroatoms. The molecule has 182 valence electrons. The fraction of sp³-hybridized carbons (Fsp3) is 0.240. The third kappa shape index (κ3) is 5.37. The van der Waals surface area contributed by atoms with Gasteiger partial charge in [-0.2, -0.15) is 0 Å². The summed E-state index contributed by atoms with van der Waals surface area (Å²) in [6, 6.07) is 12.0. The summed E-state index contributed by atoms with van der Waals surface area (Å²) in [5.74, 6) is -2.42. The van der Waals surface area contributed by atoms with Gasteiger partial charge in [0.2, 0.25) is 0 Å². The summed E-state index contributed by atoms with van der Waals surface area (Å²) in [7, 11) is 2.70. The molecular weight excluding hydrogens is 456 g/mol. The zero-order valence-corrected chi connectivity index (χ0v) is 19.6. The molecule has 0 fully saturated rings. The van der Waals surface area contributed by atoms with Crippen molar-refractivity contribution < 1.29 is 33.5 Å². The standard InChI is InChI=1S/C25H24N2O8/c1-14-21(24(29)34-4)23(17-6-5-7-18(12-17)27(31)32)22(15(2)26-14)25(30)35-13-20(28)16-8-10-19(33-3)11-9-16/h5-12,23,26H,13H2,1-4H3/t23-/m0/s1. The molecule has 1 N–H and O–H groups in total. The van der Waals surface area contributed by atoms with Crippen LogP contribution in [-0.2, 0) is 19.1 Å². The molecule has 1 aliphatic heterocycles. The van der Waals surface area contributed by atoms with Gasteiger partial charge in [0.1, 0.15) is 5.75 Å². The number of dihydropyridines is 1. The lowest BCUT2D eigenvalue weighted by Gasteiger charge is -2.30. The number of carbonyl (C=O) groups excluding carboxylic acids is 3. The molecule has 0 aromatic heterocycles. The quantitative estimate of drug-likeness (QED) is 0.261. The molecule has 0 unspecified atom stereocenters. The van der Waals surface area contributed by atoms with E-state index in [1.54, 1.807) is 44.2 Å². The molecule has 0 spiro atoms. The van der Waals surface area contributed by atoms with Gasteiger partial charge < -0.3 is 19.5 Å². The summed E-state index contributed by atoms with van der Waals surface area (Å²) in [6.07, 6.45) is 0. The van der Waals surface area contributed by atoms with E-state index in [2.05, 4.69) is 5.32 Å². The first-order valence-corrected chi connectivity index (χ1v) is 10.5. The SMILES string of the molecule is COC(=O)C1=C(C)NC(C)=C(C(=O)OCC(=O)c2ccc(OC)cc2)[C@H]1c1cccc([N+](=O)[O-])c1. The van der Waals surface area contributed by atoms with Crippen LogP contribution in [0.15, 0.2) is 71.1 Å². The Labute approximate surface area is 201 Å². The molecule has 35 heavy (non-hydrogen) atoms. The summed E-state index contributed by atoms with van der Waals surface area (Å²) in [5, 5.41) is 14.3. The number of nitro groups is 1. The molecule has 0 aliphatic carbocycles. The number of allylic oxidation sites excluding steroid dienone is 2. The van der Waals surface area contributed by atoms with Crippen LogP contribution in [0.1, 0.15) is 35.7 Å². The molecule has 1 aliphatic rings. The van der Waals surface area contributed by atoms with E-state index in [0.29, 0.717) is 28.3 Å². The molecule has 1 heterocycles. The molecule has 2 aromatic carbocycles. The van der Waals surface area contributed by atoms with Crippen molar-refractivity contribution in [1.29, 1.82) is 0 Å². The Balaban J connectivity index is 1.95.